The van der Waals surface area contributed by atoms with E-state index in [-0.39, 0.29) is 10.7 Å². The Hall–Kier alpha value is -2.00. The maximum Gasteiger partial charge on any atom is 0.416 e. The maximum absolute atomic E-state index is 12.5. The zero-order chi connectivity index (χ0) is 15.3. The molecule has 0 fully saturated rings. The number of carboxylic acid groups (broad SMARTS) is 1. The summed E-state index contributed by atoms with van der Waals surface area (Å²) in [5.74, 6) is -1.33. The first kappa shape index (κ1) is 16.1. The molecule has 1 aromatic rings. The zero-order valence-electron chi connectivity index (χ0n) is 9.62. The molecule has 0 unspecified atom stereocenters. The van der Waals surface area contributed by atoms with Crippen LogP contribution in [0.5, 0.6) is 0 Å². The predicted molar refractivity (Wildman–Crippen MR) is 62.2 cm³/mol. The second-order valence-electron chi connectivity index (χ2n) is 3.46. The monoisotopic (exact) mass is 312 g/mol. The van der Waals surface area contributed by atoms with Crippen molar-refractivity contribution in [1.29, 1.82) is 0 Å². The summed E-state index contributed by atoms with van der Waals surface area (Å²) in [5.41, 5.74) is 0.428. The van der Waals surface area contributed by atoms with E-state index < -0.39 is 30.3 Å². The van der Waals surface area contributed by atoms with Gasteiger partial charge in [-0.3, -0.25) is 4.84 Å². The maximum atomic E-state index is 12.5. The Balaban J connectivity index is 2.70. The fourth-order valence-corrected chi connectivity index (χ4v) is 1.38. The van der Waals surface area contributed by atoms with Gasteiger partial charge in [-0.2, -0.15) is 13.2 Å². The number of carbonyl (C=O) groups excluding carboxylic acids is 1. The summed E-state index contributed by atoms with van der Waals surface area (Å²) in [4.78, 5) is 25.5. The normalized spacial score (nSPS) is 11.0. The van der Waals surface area contributed by atoms with Gasteiger partial charge in [-0.15, -0.1) is 0 Å². The number of rotatable bonds is 4. The second-order valence-corrected chi connectivity index (χ2v) is 3.90. The first-order valence-corrected chi connectivity index (χ1v) is 5.34. The topological polar surface area (TPSA) is 87.7 Å². The van der Waals surface area contributed by atoms with Crippen molar-refractivity contribution in [3.63, 3.8) is 0 Å². The minimum Gasteiger partial charge on any atom is -0.479 e. The van der Waals surface area contributed by atoms with Crippen LogP contribution in [0.1, 0.15) is 5.56 Å². The Bertz CT molecular complexity index is 522. The first-order chi connectivity index (χ1) is 9.18. The van der Waals surface area contributed by atoms with Crippen LogP contribution in [0.15, 0.2) is 18.2 Å². The van der Waals surface area contributed by atoms with Crippen molar-refractivity contribution in [2.24, 2.45) is 0 Å². The number of alkyl halides is 3. The lowest BCUT2D eigenvalue weighted by Crippen LogP contribution is -2.30. The van der Waals surface area contributed by atoms with Crippen molar-refractivity contribution in [3.05, 3.63) is 28.8 Å². The third kappa shape index (κ3) is 5.33. The number of carboxylic acids is 1. The largest absolute Gasteiger partial charge is 0.479 e. The van der Waals surface area contributed by atoms with Crippen LogP contribution in [-0.4, -0.2) is 23.7 Å². The summed E-state index contributed by atoms with van der Waals surface area (Å²) in [5, 5.41) is 10.0. The van der Waals surface area contributed by atoms with Gasteiger partial charge in [-0.1, -0.05) is 11.6 Å². The molecule has 0 aliphatic heterocycles. The van der Waals surface area contributed by atoms with Crippen molar-refractivity contribution in [1.82, 2.24) is 5.48 Å². The highest BCUT2D eigenvalue weighted by molar-refractivity contribution is 6.31. The lowest BCUT2D eigenvalue weighted by Gasteiger charge is -2.11. The van der Waals surface area contributed by atoms with Crippen molar-refractivity contribution in [3.8, 4) is 0 Å². The Morgan fingerprint density at radius 2 is 1.95 bits per heavy atom. The molecule has 0 spiro atoms. The zero-order valence-corrected chi connectivity index (χ0v) is 10.4. The highest BCUT2D eigenvalue weighted by Gasteiger charge is 2.31. The van der Waals surface area contributed by atoms with Crippen molar-refractivity contribution >= 4 is 29.3 Å². The molecule has 0 bridgehead atoms. The molecule has 10 heteroatoms. The number of hydrogen-bond acceptors (Lipinski definition) is 3. The summed E-state index contributed by atoms with van der Waals surface area (Å²) < 4.78 is 37.5. The van der Waals surface area contributed by atoms with Gasteiger partial charge in [0.15, 0.2) is 6.61 Å². The van der Waals surface area contributed by atoms with Gasteiger partial charge in [-0.05, 0) is 18.2 Å². The summed E-state index contributed by atoms with van der Waals surface area (Å²) in [6, 6.07) is 1.42. The van der Waals surface area contributed by atoms with Gasteiger partial charge in [0.05, 0.1) is 5.56 Å². The molecule has 110 valence electrons. The van der Waals surface area contributed by atoms with E-state index in [0.717, 1.165) is 6.07 Å². The molecule has 0 aliphatic carbocycles. The minimum atomic E-state index is -4.61. The van der Waals surface area contributed by atoms with Crippen LogP contribution < -0.4 is 10.8 Å². The number of amides is 2. The first-order valence-electron chi connectivity index (χ1n) is 4.97. The molecule has 0 aliphatic rings. The number of carbonyl (C=O) groups is 2. The van der Waals surface area contributed by atoms with Crippen molar-refractivity contribution in [2.75, 3.05) is 11.9 Å². The van der Waals surface area contributed by atoms with Crippen LogP contribution in [0.25, 0.3) is 0 Å². The number of anilines is 1. The SMILES string of the molecule is O=C(O)CONC(=O)Nc1cc(Cl)cc(C(F)(F)F)c1. The molecular formula is C10H8ClF3N2O4. The standard InChI is InChI=1S/C10H8ClF3N2O4/c11-6-1-5(10(12,13)14)2-7(3-6)15-9(19)16-20-4-8(17)18/h1-3H,4H2,(H,17,18)(H2,15,16,19). The number of urea groups is 1. The average molecular weight is 313 g/mol. The van der Waals surface area contributed by atoms with Gasteiger partial charge in [0, 0.05) is 10.7 Å². The molecule has 0 radical (unpaired) electrons. The average Bonchev–Trinajstić information content (AvgIpc) is 2.26. The molecule has 1 rings (SSSR count). The third-order valence-corrected chi connectivity index (χ3v) is 2.06. The number of hydrogen-bond donors (Lipinski definition) is 3. The van der Waals surface area contributed by atoms with Gasteiger partial charge < -0.3 is 10.4 Å². The van der Waals surface area contributed by atoms with Gasteiger partial charge >= 0.3 is 18.2 Å². The molecule has 0 aromatic heterocycles. The molecule has 0 heterocycles. The number of halogens is 4. The van der Waals surface area contributed by atoms with Gasteiger partial charge in [-0.25, -0.2) is 15.1 Å². The highest BCUT2D eigenvalue weighted by Crippen LogP contribution is 2.33. The van der Waals surface area contributed by atoms with Crippen LogP contribution in [0.2, 0.25) is 5.02 Å². The van der Waals surface area contributed by atoms with Crippen LogP contribution in [-0.2, 0) is 15.8 Å². The molecule has 1 aromatic carbocycles. The van der Waals surface area contributed by atoms with E-state index in [9.17, 15) is 22.8 Å². The van der Waals surface area contributed by atoms with E-state index in [2.05, 4.69) is 4.84 Å². The van der Waals surface area contributed by atoms with Gasteiger partial charge in [0.25, 0.3) is 0 Å². The van der Waals surface area contributed by atoms with Crippen molar-refractivity contribution < 1.29 is 32.7 Å². The molecular weight excluding hydrogens is 305 g/mol. The number of hydroxylamine groups is 1. The summed E-state index contributed by atoms with van der Waals surface area (Å²) in [6.07, 6.45) is -4.61. The van der Waals surface area contributed by atoms with Gasteiger partial charge in [0.2, 0.25) is 0 Å². The smallest absolute Gasteiger partial charge is 0.416 e. The molecule has 0 atom stereocenters. The summed E-state index contributed by atoms with van der Waals surface area (Å²) >= 11 is 5.50. The highest BCUT2D eigenvalue weighted by atomic mass is 35.5. The minimum absolute atomic E-state index is 0.221. The lowest BCUT2D eigenvalue weighted by molar-refractivity contribution is -0.144. The summed E-state index contributed by atoms with van der Waals surface area (Å²) in [7, 11) is 0. The Labute approximate surface area is 115 Å². The quantitative estimate of drug-likeness (QED) is 0.745. The Morgan fingerprint density at radius 1 is 1.30 bits per heavy atom. The molecule has 20 heavy (non-hydrogen) atoms. The van der Waals surface area contributed by atoms with Gasteiger partial charge in [0.1, 0.15) is 0 Å². The van der Waals surface area contributed by atoms with E-state index >= 15 is 0 Å². The molecule has 3 N–H and O–H groups in total. The van der Waals surface area contributed by atoms with Crippen molar-refractivity contribution in [2.45, 2.75) is 6.18 Å². The number of benzene rings is 1. The molecule has 2 amide bonds. The number of aliphatic carboxylic acids is 1. The van der Waals surface area contributed by atoms with E-state index in [1.54, 1.807) is 5.48 Å². The fourth-order valence-electron chi connectivity index (χ4n) is 1.15. The second kappa shape index (κ2) is 6.44. The Morgan fingerprint density at radius 3 is 2.50 bits per heavy atom. The lowest BCUT2D eigenvalue weighted by atomic mass is 10.2. The predicted octanol–water partition coefficient (Wildman–Crippen LogP) is 2.50. The van der Waals surface area contributed by atoms with Crippen LogP contribution in [0.4, 0.5) is 23.7 Å². The summed E-state index contributed by atoms with van der Waals surface area (Å²) in [6.45, 7) is -0.795. The van der Waals surface area contributed by atoms with E-state index in [0.29, 0.717) is 12.1 Å². The Kier molecular flexibility index (Phi) is 5.17. The van der Waals surface area contributed by atoms with E-state index in [1.165, 1.54) is 0 Å². The van der Waals surface area contributed by atoms with Crippen LogP contribution in [0, 0.1) is 0 Å². The number of nitrogens with one attached hydrogen (secondary N) is 2. The van der Waals surface area contributed by atoms with E-state index in [1.807, 2.05) is 5.32 Å². The van der Waals surface area contributed by atoms with E-state index in [4.69, 9.17) is 16.7 Å². The molecule has 6 nitrogen and oxygen atoms in total. The fraction of sp³-hybridized carbons (Fsp3) is 0.200. The molecule has 0 saturated carbocycles. The van der Waals surface area contributed by atoms with Crippen LogP contribution >= 0.6 is 11.6 Å². The van der Waals surface area contributed by atoms with Crippen LogP contribution in [0.3, 0.4) is 0 Å². The third-order valence-electron chi connectivity index (χ3n) is 1.84. The molecule has 0 saturated heterocycles.